The number of hydrogen-bond acceptors (Lipinski definition) is 2. The van der Waals surface area contributed by atoms with Crippen molar-refractivity contribution in [2.45, 2.75) is 77.8 Å². The van der Waals surface area contributed by atoms with Crippen LogP contribution in [0.25, 0.3) is 22.3 Å². The van der Waals surface area contributed by atoms with Gasteiger partial charge in [-0.1, -0.05) is 107 Å². The van der Waals surface area contributed by atoms with Crippen molar-refractivity contribution in [3.05, 3.63) is 78.4 Å². The summed E-state index contributed by atoms with van der Waals surface area (Å²) in [6.45, 7) is 5.66. The molecule has 3 aromatic rings. The molecular formula is C31H37FO2. The Balaban J connectivity index is 1.68. The number of rotatable bonds is 12. The van der Waals surface area contributed by atoms with Crippen LogP contribution in [0.3, 0.4) is 0 Å². The monoisotopic (exact) mass is 460 g/mol. The van der Waals surface area contributed by atoms with Gasteiger partial charge in [-0.15, -0.1) is 0 Å². The van der Waals surface area contributed by atoms with Gasteiger partial charge in [-0.2, -0.15) is 0 Å². The van der Waals surface area contributed by atoms with Gasteiger partial charge in [-0.25, -0.2) is 9.18 Å². The number of esters is 1. The Morgan fingerprint density at radius 2 is 1.32 bits per heavy atom. The number of aryl methyl sites for hydroxylation is 1. The van der Waals surface area contributed by atoms with E-state index in [-0.39, 0.29) is 6.42 Å². The van der Waals surface area contributed by atoms with E-state index >= 15 is 0 Å². The van der Waals surface area contributed by atoms with Crippen LogP contribution in [-0.4, -0.2) is 11.6 Å². The number of hydrogen-bond donors (Lipinski definition) is 0. The summed E-state index contributed by atoms with van der Waals surface area (Å²) in [5.74, 6) is -0.451. The number of alkyl halides is 1. The molecule has 0 spiro atoms. The number of halogens is 1. The van der Waals surface area contributed by atoms with Crippen LogP contribution in [0, 0.1) is 0 Å². The van der Waals surface area contributed by atoms with Crippen LogP contribution in [-0.2, 0) is 11.2 Å². The molecule has 3 heteroatoms. The van der Waals surface area contributed by atoms with Gasteiger partial charge in [0.15, 0.2) is 0 Å². The van der Waals surface area contributed by atoms with E-state index in [1.165, 1.54) is 12.5 Å². The fourth-order valence-corrected chi connectivity index (χ4v) is 4.20. The lowest BCUT2D eigenvalue weighted by Crippen LogP contribution is -2.34. The van der Waals surface area contributed by atoms with Crippen LogP contribution in [0.4, 0.5) is 4.39 Å². The highest BCUT2D eigenvalue weighted by Crippen LogP contribution is 2.33. The lowest BCUT2D eigenvalue weighted by atomic mass is 9.94. The summed E-state index contributed by atoms with van der Waals surface area (Å²) >= 11 is 0. The highest BCUT2D eigenvalue weighted by atomic mass is 19.1. The van der Waals surface area contributed by atoms with E-state index in [4.69, 9.17) is 4.74 Å². The first-order chi connectivity index (χ1) is 16.4. The zero-order valence-corrected chi connectivity index (χ0v) is 20.8. The molecule has 34 heavy (non-hydrogen) atoms. The summed E-state index contributed by atoms with van der Waals surface area (Å²) in [6, 6.07) is 24.3. The molecular weight excluding hydrogens is 423 g/mol. The molecule has 0 heterocycles. The molecule has 0 bridgehead atoms. The minimum Gasteiger partial charge on any atom is -0.424 e. The average molecular weight is 461 g/mol. The SMILES string of the molecule is CCCCCCCC(C)(F)C(=O)Oc1ccc(-c2ccccc2-c2ccc(CCC)cc2)cc1. The fraction of sp³-hybridized carbons (Fsp3) is 0.387. The maximum absolute atomic E-state index is 14.9. The zero-order valence-electron chi connectivity index (χ0n) is 20.8. The lowest BCUT2D eigenvalue weighted by molar-refractivity contribution is -0.147. The molecule has 3 aromatic carbocycles. The quantitative estimate of drug-likeness (QED) is 0.153. The molecule has 0 aromatic heterocycles. The van der Waals surface area contributed by atoms with Crippen molar-refractivity contribution in [1.82, 2.24) is 0 Å². The molecule has 0 aliphatic carbocycles. The Bertz CT molecular complexity index is 1040. The van der Waals surface area contributed by atoms with E-state index in [0.717, 1.165) is 60.8 Å². The Morgan fingerprint density at radius 3 is 1.88 bits per heavy atom. The van der Waals surface area contributed by atoms with Gasteiger partial charge >= 0.3 is 5.97 Å². The first kappa shape index (κ1) is 25.7. The van der Waals surface area contributed by atoms with Crippen LogP contribution >= 0.6 is 0 Å². The van der Waals surface area contributed by atoms with Crippen molar-refractivity contribution in [3.63, 3.8) is 0 Å². The minimum atomic E-state index is -1.97. The summed E-state index contributed by atoms with van der Waals surface area (Å²) in [5.41, 5.74) is 3.81. The molecule has 0 N–H and O–H groups in total. The van der Waals surface area contributed by atoms with Gasteiger partial charge in [0.05, 0.1) is 0 Å². The number of unbranched alkanes of at least 4 members (excludes halogenated alkanes) is 4. The van der Waals surface area contributed by atoms with Crippen molar-refractivity contribution in [1.29, 1.82) is 0 Å². The van der Waals surface area contributed by atoms with Crippen molar-refractivity contribution in [2.24, 2.45) is 0 Å². The van der Waals surface area contributed by atoms with E-state index in [9.17, 15) is 9.18 Å². The topological polar surface area (TPSA) is 26.3 Å². The third-order valence-corrected chi connectivity index (χ3v) is 6.28. The van der Waals surface area contributed by atoms with Gasteiger partial charge in [0.2, 0.25) is 5.67 Å². The van der Waals surface area contributed by atoms with E-state index in [2.05, 4.69) is 50.2 Å². The summed E-state index contributed by atoms with van der Waals surface area (Å²) in [7, 11) is 0. The van der Waals surface area contributed by atoms with Crippen molar-refractivity contribution < 1.29 is 13.9 Å². The van der Waals surface area contributed by atoms with Gasteiger partial charge in [0.25, 0.3) is 0 Å². The van der Waals surface area contributed by atoms with Gasteiger partial charge < -0.3 is 4.74 Å². The molecule has 0 amide bonds. The average Bonchev–Trinajstić information content (AvgIpc) is 2.85. The molecule has 0 saturated heterocycles. The van der Waals surface area contributed by atoms with Gasteiger partial charge in [-0.05, 0) is 66.1 Å². The highest BCUT2D eigenvalue weighted by Gasteiger charge is 2.34. The number of carbonyl (C=O) groups is 1. The van der Waals surface area contributed by atoms with Crippen LogP contribution < -0.4 is 4.74 Å². The first-order valence-electron chi connectivity index (χ1n) is 12.6. The van der Waals surface area contributed by atoms with E-state index in [1.54, 1.807) is 12.1 Å². The first-order valence-corrected chi connectivity index (χ1v) is 12.6. The minimum absolute atomic E-state index is 0.193. The molecule has 0 aliphatic heterocycles. The van der Waals surface area contributed by atoms with Crippen LogP contribution in [0.1, 0.15) is 71.3 Å². The summed E-state index contributed by atoms with van der Waals surface area (Å²) in [6.07, 6.45) is 7.40. The van der Waals surface area contributed by atoms with Crippen molar-refractivity contribution in [3.8, 4) is 28.0 Å². The van der Waals surface area contributed by atoms with E-state index in [0.29, 0.717) is 12.2 Å². The second-order valence-electron chi connectivity index (χ2n) is 9.27. The molecule has 180 valence electrons. The van der Waals surface area contributed by atoms with Gasteiger partial charge in [0.1, 0.15) is 5.75 Å². The molecule has 0 saturated carbocycles. The highest BCUT2D eigenvalue weighted by molar-refractivity contribution is 5.84. The third-order valence-electron chi connectivity index (χ3n) is 6.28. The summed E-state index contributed by atoms with van der Waals surface area (Å²) in [5, 5.41) is 0. The molecule has 2 nitrogen and oxygen atoms in total. The second kappa shape index (κ2) is 12.5. The molecule has 0 aliphatic rings. The summed E-state index contributed by atoms with van der Waals surface area (Å²) < 4.78 is 20.3. The Labute approximate surface area is 204 Å². The Morgan fingerprint density at radius 1 is 0.765 bits per heavy atom. The van der Waals surface area contributed by atoms with E-state index in [1.807, 2.05) is 24.3 Å². The molecule has 3 rings (SSSR count). The second-order valence-corrected chi connectivity index (χ2v) is 9.27. The smallest absolute Gasteiger partial charge is 0.348 e. The molecule has 0 fully saturated rings. The summed E-state index contributed by atoms with van der Waals surface area (Å²) in [4.78, 5) is 12.4. The maximum Gasteiger partial charge on any atom is 0.348 e. The van der Waals surface area contributed by atoms with Gasteiger partial charge in [0, 0.05) is 0 Å². The standard InChI is InChI=1S/C31H37FO2/c1-4-6-7-8-11-23-31(3,32)30(33)34-27-21-19-26(20-22-27)29-14-10-9-13-28(29)25-17-15-24(12-5-2)16-18-25/h9-10,13-22H,4-8,11-12,23H2,1-3H3. The maximum atomic E-state index is 14.9. The normalized spacial score (nSPS) is 12.8. The van der Waals surface area contributed by atoms with E-state index < -0.39 is 11.6 Å². The largest absolute Gasteiger partial charge is 0.424 e. The number of carbonyl (C=O) groups excluding carboxylic acids is 1. The Hall–Kier alpha value is -2.94. The number of ether oxygens (including phenoxy) is 1. The predicted molar refractivity (Wildman–Crippen MR) is 140 cm³/mol. The molecule has 1 atom stereocenters. The van der Waals surface area contributed by atoms with Crippen LogP contribution in [0.5, 0.6) is 5.75 Å². The fourth-order valence-electron chi connectivity index (χ4n) is 4.20. The zero-order chi connectivity index (χ0) is 24.4. The molecule has 0 radical (unpaired) electrons. The lowest BCUT2D eigenvalue weighted by Gasteiger charge is -2.18. The predicted octanol–water partition coefficient (Wildman–Crippen LogP) is 8.97. The van der Waals surface area contributed by atoms with Gasteiger partial charge in [-0.3, -0.25) is 0 Å². The van der Waals surface area contributed by atoms with Crippen molar-refractivity contribution in [2.75, 3.05) is 0 Å². The van der Waals surface area contributed by atoms with Crippen molar-refractivity contribution >= 4 is 5.97 Å². The number of benzene rings is 3. The molecule has 1 unspecified atom stereocenters. The van der Waals surface area contributed by atoms with Crippen LogP contribution in [0.2, 0.25) is 0 Å². The van der Waals surface area contributed by atoms with Crippen LogP contribution in [0.15, 0.2) is 72.8 Å². The third kappa shape index (κ3) is 7.03. The Kier molecular flexibility index (Phi) is 9.44.